The maximum absolute atomic E-state index is 10.6. The molecular formula is C8H13F3N2O5. The average Bonchev–Trinajstić information content (AvgIpc) is 2.16. The Balaban J connectivity index is 0. The number of hydrogen-bond acceptors (Lipinski definition) is 4. The van der Waals surface area contributed by atoms with Gasteiger partial charge in [-0.1, -0.05) is 0 Å². The number of carbonyl (C=O) groups is 3. The lowest BCUT2D eigenvalue weighted by atomic mass is 10.4. The molecule has 5 N–H and O–H groups in total. The van der Waals surface area contributed by atoms with Crippen LogP contribution in [0.15, 0.2) is 0 Å². The third-order valence-electron chi connectivity index (χ3n) is 1.27. The molecule has 0 fully saturated rings. The summed E-state index contributed by atoms with van der Waals surface area (Å²) < 4.78 is 31.7. The van der Waals surface area contributed by atoms with Gasteiger partial charge in [-0.05, 0) is 0 Å². The Morgan fingerprint density at radius 3 is 1.83 bits per heavy atom. The zero-order valence-corrected chi connectivity index (χ0v) is 9.16. The zero-order valence-electron chi connectivity index (χ0n) is 9.16. The first-order chi connectivity index (χ1) is 8.11. The predicted octanol–water partition coefficient (Wildman–Crippen LogP) is -0.441. The summed E-state index contributed by atoms with van der Waals surface area (Å²) in [4.78, 5) is 29.5. The molecule has 0 rings (SSSR count). The molecule has 7 nitrogen and oxygen atoms in total. The molecule has 0 heterocycles. The van der Waals surface area contributed by atoms with E-state index in [1.54, 1.807) is 0 Å². The summed E-state index contributed by atoms with van der Waals surface area (Å²) in [5.74, 6) is -3.88. The third-order valence-corrected chi connectivity index (χ3v) is 1.27. The Hall–Kier alpha value is -1.84. The molecule has 106 valence electrons. The minimum absolute atomic E-state index is 0.0453. The van der Waals surface area contributed by atoms with Crippen LogP contribution in [0.25, 0.3) is 0 Å². The number of nitrogens with two attached hydrogens (primary N) is 1. The second-order valence-electron chi connectivity index (χ2n) is 2.84. The number of carboxylic acids is 2. The molecule has 0 unspecified atom stereocenters. The number of carbonyl (C=O) groups excluding carboxylic acids is 1. The fourth-order valence-corrected chi connectivity index (χ4v) is 0.528. The topological polar surface area (TPSA) is 130 Å². The molecule has 0 aromatic rings. The van der Waals surface area contributed by atoms with Crippen molar-refractivity contribution in [2.24, 2.45) is 5.73 Å². The minimum Gasteiger partial charge on any atom is -0.481 e. The van der Waals surface area contributed by atoms with Gasteiger partial charge in [0.1, 0.15) is 0 Å². The van der Waals surface area contributed by atoms with Crippen molar-refractivity contribution in [2.75, 3.05) is 13.1 Å². The highest BCUT2D eigenvalue weighted by molar-refractivity contribution is 5.76. The van der Waals surface area contributed by atoms with Gasteiger partial charge in [0, 0.05) is 19.5 Å². The van der Waals surface area contributed by atoms with Crippen molar-refractivity contribution in [1.29, 1.82) is 0 Å². The Bertz CT molecular complexity index is 293. The summed E-state index contributed by atoms with van der Waals surface area (Å²) in [6.45, 7) is 0.465. The molecule has 0 atom stereocenters. The third kappa shape index (κ3) is 14.2. The van der Waals surface area contributed by atoms with Crippen molar-refractivity contribution in [3.63, 3.8) is 0 Å². The molecule has 0 saturated heterocycles. The van der Waals surface area contributed by atoms with Crippen LogP contribution in [0, 0.1) is 0 Å². The predicted molar refractivity (Wildman–Crippen MR) is 52.6 cm³/mol. The van der Waals surface area contributed by atoms with Crippen molar-refractivity contribution in [3.8, 4) is 0 Å². The summed E-state index contributed by atoms with van der Waals surface area (Å²) in [7, 11) is 0. The quantitative estimate of drug-likeness (QED) is 0.537. The summed E-state index contributed by atoms with van der Waals surface area (Å²) in [5.41, 5.74) is 5.08. The number of carboxylic acid groups (broad SMARTS) is 2. The zero-order chi connectivity index (χ0) is 14.8. The van der Waals surface area contributed by atoms with Gasteiger partial charge in [0.25, 0.3) is 0 Å². The van der Waals surface area contributed by atoms with Crippen molar-refractivity contribution in [3.05, 3.63) is 0 Å². The molecule has 0 aromatic carbocycles. The summed E-state index contributed by atoms with van der Waals surface area (Å²) in [6.07, 6.45) is -4.88. The highest BCUT2D eigenvalue weighted by Crippen LogP contribution is 2.13. The number of aliphatic carboxylic acids is 2. The minimum atomic E-state index is -5.08. The van der Waals surface area contributed by atoms with Crippen LogP contribution in [0.3, 0.4) is 0 Å². The maximum atomic E-state index is 10.6. The van der Waals surface area contributed by atoms with E-state index in [1.807, 2.05) is 0 Å². The molecule has 0 aliphatic heterocycles. The Morgan fingerprint density at radius 2 is 1.56 bits per heavy atom. The molecule has 10 heteroatoms. The molecule has 0 radical (unpaired) electrons. The monoisotopic (exact) mass is 274 g/mol. The summed E-state index contributed by atoms with van der Waals surface area (Å²) >= 11 is 0. The van der Waals surface area contributed by atoms with Gasteiger partial charge in [-0.25, -0.2) is 4.79 Å². The first kappa shape index (κ1) is 18.5. The second kappa shape index (κ2) is 9.22. The lowest BCUT2D eigenvalue weighted by Gasteiger charge is -2.00. The van der Waals surface area contributed by atoms with Crippen LogP contribution < -0.4 is 11.1 Å². The van der Waals surface area contributed by atoms with Gasteiger partial charge < -0.3 is 21.3 Å². The van der Waals surface area contributed by atoms with E-state index in [-0.39, 0.29) is 25.3 Å². The van der Waals surface area contributed by atoms with E-state index < -0.39 is 18.1 Å². The lowest BCUT2D eigenvalue weighted by molar-refractivity contribution is -0.192. The largest absolute Gasteiger partial charge is 0.490 e. The van der Waals surface area contributed by atoms with Crippen LogP contribution >= 0.6 is 0 Å². The summed E-state index contributed by atoms with van der Waals surface area (Å²) in [6, 6.07) is 0. The van der Waals surface area contributed by atoms with E-state index in [1.165, 1.54) is 0 Å². The van der Waals surface area contributed by atoms with Gasteiger partial charge in [-0.15, -0.1) is 0 Å². The number of nitrogens with one attached hydrogen (secondary N) is 1. The molecule has 0 aliphatic rings. The molecule has 0 bridgehead atoms. The van der Waals surface area contributed by atoms with Gasteiger partial charge >= 0.3 is 18.1 Å². The van der Waals surface area contributed by atoms with Crippen molar-refractivity contribution < 1.29 is 37.8 Å². The number of alkyl halides is 3. The van der Waals surface area contributed by atoms with E-state index in [4.69, 9.17) is 20.7 Å². The molecular weight excluding hydrogens is 261 g/mol. The second-order valence-corrected chi connectivity index (χ2v) is 2.84. The van der Waals surface area contributed by atoms with Crippen LogP contribution in [0.5, 0.6) is 0 Å². The van der Waals surface area contributed by atoms with Gasteiger partial charge in [0.05, 0.1) is 6.42 Å². The van der Waals surface area contributed by atoms with Gasteiger partial charge in [-0.2, -0.15) is 13.2 Å². The molecule has 0 saturated carbocycles. The van der Waals surface area contributed by atoms with E-state index in [0.29, 0.717) is 6.54 Å². The standard InChI is InChI=1S/C6H12N2O3.C2HF3O2/c7-3-1-5(9)8-4-2-6(10)11;3-2(4,5)1(6)7/h1-4,7H2,(H,8,9)(H,10,11);(H,6,7). The van der Waals surface area contributed by atoms with Gasteiger partial charge in [-0.3, -0.25) is 9.59 Å². The smallest absolute Gasteiger partial charge is 0.481 e. The van der Waals surface area contributed by atoms with Crippen LogP contribution in [0.2, 0.25) is 0 Å². The lowest BCUT2D eigenvalue weighted by Crippen LogP contribution is -2.27. The molecule has 18 heavy (non-hydrogen) atoms. The maximum Gasteiger partial charge on any atom is 0.490 e. The van der Waals surface area contributed by atoms with Crippen LogP contribution in [-0.2, 0) is 14.4 Å². The SMILES string of the molecule is NCCC(=O)NCCC(=O)O.O=C(O)C(F)(F)F. The molecule has 0 spiro atoms. The Labute approximate surface area is 99.8 Å². The van der Waals surface area contributed by atoms with Crippen molar-refractivity contribution in [2.45, 2.75) is 19.0 Å². The number of halogens is 3. The van der Waals surface area contributed by atoms with Crippen LogP contribution in [-0.4, -0.2) is 47.3 Å². The van der Waals surface area contributed by atoms with Crippen molar-refractivity contribution >= 4 is 17.8 Å². The van der Waals surface area contributed by atoms with E-state index in [2.05, 4.69) is 5.32 Å². The Kier molecular flexibility index (Phi) is 9.48. The Morgan fingerprint density at radius 1 is 1.11 bits per heavy atom. The highest BCUT2D eigenvalue weighted by atomic mass is 19.4. The average molecular weight is 274 g/mol. The molecule has 1 amide bonds. The highest BCUT2D eigenvalue weighted by Gasteiger charge is 2.38. The number of amides is 1. The molecule has 0 aromatic heterocycles. The fourth-order valence-electron chi connectivity index (χ4n) is 0.528. The van der Waals surface area contributed by atoms with Gasteiger partial charge in [0.15, 0.2) is 0 Å². The number of rotatable bonds is 5. The normalized spacial score (nSPS) is 10.0. The van der Waals surface area contributed by atoms with Crippen LogP contribution in [0.1, 0.15) is 12.8 Å². The summed E-state index contributed by atoms with van der Waals surface area (Å²) in [5, 5.41) is 17.7. The van der Waals surface area contributed by atoms with Crippen LogP contribution in [0.4, 0.5) is 13.2 Å². The fraction of sp³-hybridized carbons (Fsp3) is 0.625. The van der Waals surface area contributed by atoms with Gasteiger partial charge in [0.2, 0.25) is 5.91 Å². The molecule has 0 aliphatic carbocycles. The number of hydrogen-bond donors (Lipinski definition) is 4. The van der Waals surface area contributed by atoms with Crippen molar-refractivity contribution in [1.82, 2.24) is 5.32 Å². The first-order valence-electron chi connectivity index (χ1n) is 4.60. The van der Waals surface area contributed by atoms with E-state index in [0.717, 1.165) is 0 Å². The van der Waals surface area contributed by atoms with E-state index in [9.17, 15) is 22.8 Å². The first-order valence-corrected chi connectivity index (χ1v) is 4.60. The van der Waals surface area contributed by atoms with E-state index >= 15 is 0 Å².